The third kappa shape index (κ3) is 7.54. The first-order chi connectivity index (χ1) is 17.5. The molecule has 4 rings (SSSR count). The molecule has 1 aliphatic rings. The second-order valence-electron chi connectivity index (χ2n) is 9.86. The monoisotopic (exact) mass is 546 g/mol. The lowest BCUT2D eigenvalue weighted by molar-refractivity contribution is -0.141. The van der Waals surface area contributed by atoms with Crippen LogP contribution in [0.5, 0.6) is 0 Å². The number of nitrogens with one attached hydrogen (secondary N) is 1. The third-order valence-electron chi connectivity index (χ3n) is 6.94. The van der Waals surface area contributed by atoms with Gasteiger partial charge in [0, 0.05) is 23.5 Å². The Morgan fingerprint density at radius 2 is 1.58 bits per heavy atom. The van der Waals surface area contributed by atoms with Crippen LogP contribution in [0.3, 0.4) is 0 Å². The van der Waals surface area contributed by atoms with Crippen molar-refractivity contribution in [3.8, 4) is 0 Å². The molecule has 0 spiro atoms. The first kappa shape index (κ1) is 26.2. The van der Waals surface area contributed by atoms with Crippen LogP contribution in [0, 0.1) is 6.92 Å². The summed E-state index contributed by atoms with van der Waals surface area (Å²) in [4.78, 5) is 29.4. The van der Waals surface area contributed by atoms with Gasteiger partial charge in [-0.2, -0.15) is 0 Å². The number of aryl methyl sites for hydroxylation is 1. The fraction of sp³-hybridized carbons (Fsp3) is 0.355. The molecule has 1 aliphatic carbocycles. The van der Waals surface area contributed by atoms with Crippen molar-refractivity contribution < 1.29 is 9.59 Å². The van der Waals surface area contributed by atoms with Crippen molar-refractivity contribution in [2.45, 2.75) is 70.5 Å². The van der Waals surface area contributed by atoms with E-state index in [0.717, 1.165) is 52.4 Å². The summed E-state index contributed by atoms with van der Waals surface area (Å²) in [5, 5.41) is 3.30. The average molecular weight is 548 g/mol. The van der Waals surface area contributed by atoms with Crippen LogP contribution < -0.4 is 5.32 Å². The molecule has 3 aromatic carbocycles. The van der Waals surface area contributed by atoms with E-state index in [1.807, 2.05) is 85.8 Å². The number of halogens is 1. The maximum atomic E-state index is 13.8. The van der Waals surface area contributed by atoms with Crippen molar-refractivity contribution in [2.24, 2.45) is 0 Å². The van der Waals surface area contributed by atoms with Gasteiger partial charge in [0.2, 0.25) is 11.8 Å². The molecule has 1 unspecified atom stereocenters. The van der Waals surface area contributed by atoms with Crippen molar-refractivity contribution in [1.82, 2.24) is 10.2 Å². The molecule has 2 amide bonds. The lowest BCUT2D eigenvalue weighted by Gasteiger charge is -2.33. The first-order valence-electron chi connectivity index (χ1n) is 12.9. The van der Waals surface area contributed by atoms with Crippen LogP contribution in [-0.2, 0) is 29.0 Å². The summed E-state index contributed by atoms with van der Waals surface area (Å²) in [5.74, 6) is -0.100. The Morgan fingerprint density at radius 1 is 0.889 bits per heavy atom. The Hall–Kier alpha value is -2.92. The topological polar surface area (TPSA) is 49.4 Å². The highest BCUT2D eigenvalue weighted by Gasteiger charge is 2.32. The van der Waals surface area contributed by atoms with Gasteiger partial charge >= 0.3 is 0 Å². The molecule has 0 aromatic heterocycles. The van der Waals surface area contributed by atoms with Gasteiger partial charge in [-0.15, -0.1) is 0 Å². The molecule has 0 radical (unpaired) electrons. The van der Waals surface area contributed by atoms with Crippen molar-refractivity contribution in [2.75, 3.05) is 0 Å². The molecule has 36 heavy (non-hydrogen) atoms. The maximum absolute atomic E-state index is 13.8. The van der Waals surface area contributed by atoms with Crippen LogP contribution >= 0.6 is 15.9 Å². The zero-order valence-corrected chi connectivity index (χ0v) is 22.5. The lowest BCUT2D eigenvalue weighted by Crippen LogP contribution is -2.53. The van der Waals surface area contributed by atoms with Gasteiger partial charge in [0.1, 0.15) is 6.04 Å². The van der Waals surface area contributed by atoms with Crippen LogP contribution in [0.15, 0.2) is 83.3 Å². The first-order valence-corrected chi connectivity index (χ1v) is 13.7. The molecule has 0 heterocycles. The molecule has 1 fully saturated rings. The van der Waals surface area contributed by atoms with E-state index >= 15 is 0 Å². The van der Waals surface area contributed by atoms with E-state index in [0.29, 0.717) is 13.0 Å². The van der Waals surface area contributed by atoms with Gasteiger partial charge in [0.05, 0.1) is 6.42 Å². The number of amides is 2. The highest BCUT2D eigenvalue weighted by molar-refractivity contribution is 9.10. The van der Waals surface area contributed by atoms with Crippen LogP contribution in [0.25, 0.3) is 0 Å². The summed E-state index contributed by atoms with van der Waals surface area (Å²) in [6.45, 7) is 2.41. The van der Waals surface area contributed by atoms with Gasteiger partial charge in [-0.25, -0.2) is 0 Å². The summed E-state index contributed by atoms with van der Waals surface area (Å²) >= 11 is 3.55. The summed E-state index contributed by atoms with van der Waals surface area (Å²) in [7, 11) is 0. The van der Waals surface area contributed by atoms with Crippen molar-refractivity contribution >= 4 is 27.7 Å². The van der Waals surface area contributed by atoms with Crippen LogP contribution in [0.4, 0.5) is 0 Å². The Labute approximate surface area is 223 Å². The quantitative estimate of drug-likeness (QED) is 0.338. The standard InChI is InChI=1S/C31H35BrN2O2/c1-23-15-17-25(18-16-23)21-30(35)34(22-26-11-8-12-27(32)19-26)29(20-24-9-4-2-5-10-24)31(36)33-28-13-6-3-7-14-28/h2,4-5,8-12,15-19,28-29H,3,6-7,13-14,20-22H2,1H3,(H,33,36). The van der Waals surface area contributed by atoms with E-state index in [2.05, 4.69) is 21.2 Å². The summed E-state index contributed by atoms with van der Waals surface area (Å²) in [6, 6.07) is 25.6. The van der Waals surface area contributed by atoms with Gasteiger partial charge in [0.15, 0.2) is 0 Å². The highest BCUT2D eigenvalue weighted by atomic mass is 79.9. The van der Waals surface area contributed by atoms with Gasteiger partial charge < -0.3 is 10.2 Å². The number of hydrogen-bond donors (Lipinski definition) is 1. The molecule has 3 aromatic rings. The zero-order chi connectivity index (χ0) is 25.3. The minimum absolute atomic E-state index is 0.0430. The van der Waals surface area contributed by atoms with Crippen molar-refractivity contribution in [3.63, 3.8) is 0 Å². The number of hydrogen-bond acceptors (Lipinski definition) is 2. The van der Waals surface area contributed by atoms with E-state index in [1.54, 1.807) is 4.90 Å². The number of benzene rings is 3. The molecule has 5 heteroatoms. The number of rotatable bonds is 9. The Bertz CT molecular complexity index is 1140. The normalized spacial score (nSPS) is 14.7. The molecular formula is C31H35BrN2O2. The second-order valence-corrected chi connectivity index (χ2v) is 10.8. The van der Waals surface area contributed by atoms with Crippen LogP contribution in [0.1, 0.15) is 54.4 Å². The molecule has 188 valence electrons. The van der Waals surface area contributed by atoms with Crippen LogP contribution in [0.2, 0.25) is 0 Å². The number of carbonyl (C=O) groups excluding carboxylic acids is 2. The molecule has 1 saturated carbocycles. The van der Waals surface area contributed by atoms with Crippen molar-refractivity contribution in [3.05, 3.63) is 106 Å². The smallest absolute Gasteiger partial charge is 0.243 e. The molecular weight excluding hydrogens is 512 g/mol. The minimum Gasteiger partial charge on any atom is -0.352 e. The molecule has 1 N–H and O–H groups in total. The average Bonchev–Trinajstić information content (AvgIpc) is 2.88. The molecule has 1 atom stereocenters. The zero-order valence-electron chi connectivity index (χ0n) is 21.0. The van der Waals surface area contributed by atoms with E-state index in [1.165, 1.54) is 6.42 Å². The van der Waals surface area contributed by atoms with Gasteiger partial charge in [-0.05, 0) is 48.6 Å². The maximum Gasteiger partial charge on any atom is 0.243 e. The van der Waals surface area contributed by atoms with Crippen LogP contribution in [-0.4, -0.2) is 28.8 Å². The van der Waals surface area contributed by atoms with E-state index in [4.69, 9.17) is 0 Å². The Kier molecular flexibility index (Phi) is 9.35. The fourth-order valence-electron chi connectivity index (χ4n) is 4.91. The summed E-state index contributed by atoms with van der Waals surface area (Å²) in [6.07, 6.45) is 6.26. The van der Waals surface area contributed by atoms with E-state index in [-0.39, 0.29) is 24.3 Å². The summed E-state index contributed by atoms with van der Waals surface area (Å²) < 4.78 is 0.956. The van der Waals surface area contributed by atoms with Gasteiger partial charge in [-0.3, -0.25) is 9.59 Å². The fourth-order valence-corrected chi connectivity index (χ4v) is 5.36. The van der Waals surface area contributed by atoms with E-state index in [9.17, 15) is 9.59 Å². The lowest BCUT2D eigenvalue weighted by atomic mass is 9.94. The van der Waals surface area contributed by atoms with Gasteiger partial charge in [0.25, 0.3) is 0 Å². The minimum atomic E-state index is -0.591. The van der Waals surface area contributed by atoms with E-state index < -0.39 is 6.04 Å². The molecule has 4 nitrogen and oxygen atoms in total. The molecule has 0 bridgehead atoms. The SMILES string of the molecule is Cc1ccc(CC(=O)N(Cc2cccc(Br)c2)C(Cc2ccccc2)C(=O)NC2CCCCC2)cc1. The Balaban J connectivity index is 1.65. The number of carbonyl (C=O) groups is 2. The summed E-state index contributed by atoms with van der Waals surface area (Å²) in [5.41, 5.74) is 4.15. The highest BCUT2D eigenvalue weighted by Crippen LogP contribution is 2.21. The molecule has 0 saturated heterocycles. The van der Waals surface area contributed by atoms with Crippen molar-refractivity contribution in [1.29, 1.82) is 0 Å². The predicted molar refractivity (Wildman–Crippen MR) is 149 cm³/mol. The molecule has 0 aliphatic heterocycles. The largest absolute Gasteiger partial charge is 0.352 e. The number of nitrogens with zero attached hydrogens (tertiary/aromatic N) is 1. The second kappa shape index (κ2) is 12.9. The third-order valence-corrected chi connectivity index (χ3v) is 7.43. The van der Waals surface area contributed by atoms with Gasteiger partial charge in [-0.1, -0.05) is 107 Å². The Morgan fingerprint density at radius 3 is 2.28 bits per heavy atom. The predicted octanol–water partition coefficient (Wildman–Crippen LogP) is 6.39.